The predicted molar refractivity (Wildman–Crippen MR) is 80.5 cm³/mol. The van der Waals surface area contributed by atoms with Crippen LogP contribution in [0.5, 0.6) is 0 Å². The van der Waals surface area contributed by atoms with Gasteiger partial charge in [0.25, 0.3) is 5.91 Å². The van der Waals surface area contributed by atoms with Gasteiger partial charge in [-0.2, -0.15) is 0 Å². The van der Waals surface area contributed by atoms with Gasteiger partial charge in [-0.25, -0.2) is 0 Å². The van der Waals surface area contributed by atoms with Crippen molar-refractivity contribution in [1.29, 1.82) is 0 Å². The quantitative estimate of drug-likeness (QED) is 0.707. The lowest BCUT2D eigenvalue weighted by Crippen LogP contribution is -2.33. The molecule has 1 aromatic carbocycles. The minimum atomic E-state index is 0.00315. The molecule has 0 aliphatic carbocycles. The molecule has 0 aromatic heterocycles. The number of nitrogens with one attached hydrogen (secondary N) is 2. The first-order valence-corrected chi connectivity index (χ1v) is 7.19. The van der Waals surface area contributed by atoms with E-state index in [-0.39, 0.29) is 5.91 Å². The van der Waals surface area contributed by atoms with E-state index in [4.69, 9.17) is 0 Å². The first kappa shape index (κ1) is 15.7. The van der Waals surface area contributed by atoms with Crippen LogP contribution in [0.25, 0.3) is 0 Å². The Morgan fingerprint density at radius 1 is 1.21 bits per heavy atom. The second-order valence-electron chi connectivity index (χ2n) is 5.22. The lowest BCUT2D eigenvalue weighted by Gasteiger charge is -2.11. The molecular weight excluding hydrogens is 236 g/mol. The molecule has 106 valence electrons. The summed E-state index contributed by atoms with van der Waals surface area (Å²) < 4.78 is 0. The van der Waals surface area contributed by atoms with E-state index in [0.717, 1.165) is 18.7 Å². The van der Waals surface area contributed by atoms with Crippen LogP contribution in [-0.2, 0) is 0 Å². The number of rotatable bonds is 8. The van der Waals surface area contributed by atoms with Gasteiger partial charge in [-0.15, -0.1) is 0 Å². The Balaban J connectivity index is 2.15. The number of aryl methyl sites for hydroxylation is 1. The highest BCUT2D eigenvalue weighted by Crippen LogP contribution is 2.03. The molecule has 0 aliphatic heterocycles. The zero-order valence-electron chi connectivity index (χ0n) is 12.3. The fraction of sp³-hybridized carbons (Fsp3) is 0.562. The van der Waals surface area contributed by atoms with Crippen LogP contribution in [0, 0.1) is 12.8 Å². The van der Waals surface area contributed by atoms with Crippen molar-refractivity contribution in [2.45, 2.75) is 33.6 Å². The van der Waals surface area contributed by atoms with Gasteiger partial charge in [0.2, 0.25) is 0 Å². The maximum absolute atomic E-state index is 11.8. The summed E-state index contributed by atoms with van der Waals surface area (Å²) in [5.41, 5.74) is 1.90. The van der Waals surface area contributed by atoms with Crippen LogP contribution in [0.2, 0.25) is 0 Å². The lowest BCUT2D eigenvalue weighted by molar-refractivity contribution is 0.0954. The third kappa shape index (κ3) is 6.39. The van der Waals surface area contributed by atoms with Crippen LogP contribution >= 0.6 is 0 Å². The minimum absolute atomic E-state index is 0.00315. The second-order valence-corrected chi connectivity index (χ2v) is 5.22. The molecule has 1 amide bonds. The van der Waals surface area contributed by atoms with E-state index in [2.05, 4.69) is 24.5 Å². The van der Waals surface area contributed by atoms with E-state index in [1.807, 2.05) is 31.2 Å². The molecule has 0 saturated carbocycles. The van der Waals surface area contributed by atoms with E-state index >= 15 is 0 Å². The van der Waals surface area contributed by atoms with Gasteiger partial charge in [-0.3, -0.25) is 4.79 Å². The van der Waals surface area contributed by atoms with E-state index in [0.29, 0.717) is 12.5 Å². The molecule has 0 saturated heterocycles. The van der Waals surface area contributed by atoms with Gasteiger partial charge >= 0.3 is 0 Å². The highest BCUT2D eigenvalue weighted by atomic mass is 16.1. The molecule has 0 radical (unpaired) electrons. The summed E-state index contributed by atoms with van der Waals surface area (Å²) in [7, 11) is 0. The summed E-state index contributed by atoms with van der Waals surface area (Å²) in [5.74, 6) is 0.709. The smallest absolute Gasteiger partial charge is 0.251 e. The fourth-order valence-electron chi connectivity index (χ4n) is 2.01. The molecule has 0 spiro atoms. The first-order chi connectivity index (χ1) is 9.13. The Kier molecular flexibility index (Phi) is 7.19. The molecule has 3 heteroatoms. The van der Waals surface area contributed by atoms with E-state index in [9.17, 15) is 4.79 Å². The Morgan fingerprint density at radius 3 is 2.53 bits per heavy atom. The van der Waals surface area contributed by atoms with Crippen molar-refractivity contribution in [2.24, 2.45) is 5.92 Å². The standard InChI is InChI=1S/C16H26N2O/c1-4-5-14(3)12-17-10-11-18-16(19)15-8-6-13(2)7-9-15/h6-9,14,17H,4-5,10-12H2,1-3H3,(H,18,19). The first-order valence-electron chi connectivity index (χ1n) is 7.19. The molecule has 1 unspecified atom stereocenters. The summed E-state index contributed by atoms with van der Waals surface area (Å²) >= 11 is 0. The maximum Gasteiger partial charge on any atom is 0.251 e. The average Bonchev–Trinajstić information content (AvgIpc) is 2.39. The van der Waals surface area contributed by atoms with E-state index in [1.54, 1.807) is 0 Å². The van der Waals surface area contributed by atoms with Gasteiger partial charge in [0.1, 0.15) is 0 Å². The van der Waals surface area contributed by atoms with Gasteiger partial charge in [-0.1, -0.05) is 38.0 Å². The molecule has 3 nitrogen and oxygen atoms in total. The number of amides is 1. The molecule has 1 rings (SSSR count). The van der Waals surface area contributed by atoms with Gasteiger partial charge in [-0.05, 0) is 37.9 Å². The second kappa shape index (κ2) is 8.70. The van der Waals surface area contributed by atoms with Crippen LogP contribution in [0.15, 0.2) is 24.3 Å². The Labute approximate surface area is 116 Å². The summed E-state index contributed by atoms with van der Waals surface area (Å²) in [6.07, 6.45) is 2.48. The van der Waals surface area contributed by atoms with Crippen molar-refractivity contribution in [3.05, 3.63) is 35.4 Å². The van der Waals surface area contributed by atoms with Crippen molar-refractivity contribution in [1.82, 2.24) is 10.6 Å². The third-order valence-electron chi connectivity index (χ3n) is 3.18. The SMILES string of the molecule is CCCC(C)CNCCNC(=O)c1ccc(C)cc1. The van der Waals surface area contributed by atoms with Crippen molar-refractivity contribution in [2.75, 3.05) is 19.6 Å². The molecule has 0 heterocycles. The predicted octanol–water partition coefficient (Wildman–Crippen LogP) is 2.75. The lowest BCUT2D eigenvalue weighted by atomic mass is 10.1. The van der Waals surface area contributed by atoms with Crippen LogP contribution in [0.4, 0.5) is 0 Å². The molecule has 0 aliphatic rings. The molecule has 19 heavy (non-hydrogen) atoms. The summed E-state index contributed by atoms with van der Waals surface area (Å²) in [5, 5.41) is 6.29. The van der Waals surface area contributed by atoms with Crippen LogP contribution < -0.4 is 10.6 Å². The van der Waals surface area contributed by atoms with Crippen LogP contribution in [0.3, 0.4) is 0 Å². The number of carbonyl (C=O) groups excluding carboxylic acids is 1. The Morgan fingerprint density at radius 2 is 1.89 bits per heavy atom. The minimum Gasteiger partial charge on any atom is -0.351 e. The normalized spacial score (nSPS) is 12.2. The van der Waals surface area contributed by atoms with Crippen molar-refractivity contribution >= 4 is 5.91 Å². The summed E-state index contributed by atoms with van der Waals surface area (Å²) in [6, 6.07) is 7.64. The summed E-state index contributed by atoms with van der Waals surface area (Å²) in [4.78, 5) is 11.8. The zero-order chi connectivity index (χ0) is 14.1. The van der Waals surface area contributed by atoms with Gasteiger partial charge in [0.05, 0.1) is 0 Å². The van der Waals surface area contributed by atoms with Gasteiger partial charge < -0.3 is 10.6 Å². The molecule has 2 N–H and O–H groups in total. The monoisotopic (exact) mass is 262 g/mol. The highest BCUT2D eigenvalue weighted by molar-refractivity contribution is 5.94. The topological polar surface area (TPSA) is 41.1 Å². The van der Waals surface area contributed by atoms with Crippen LogP contribution in [-0.4, -0.2) is 25.5 Å². The van der Waals surface area contributed by atoms with Crippen LogP contribution in [0.1, 0.15) is 42.6 Å². The number of hydrogen-bond acceptors (Lipinski definition) is 2. The van der Waals surface area contributed by atoms with E-state index < -0.39 is 0 Å². The number of carbonyl (C=O) groups is 1. The number of benzene rings is 1. The van der Waals surface area contributed by atoms with Crippen molar-refractivity contribution in [3.63, 3.8) is 0 Å². The molecule has 1 aromatic rings. The Bertz CT molecular complexity index is 373. The van der Waals surface area contributed by atoms with Gasteiger partial charge in [0, 0.05) is 18.7 Å². The number of hydrogen-bond donors (Lipinski definition) is 2. The highest BCUT2D eigenvalue weighted by Gasteiger charge is 2.04. The summed E-state index contributed by atoms with van der Waals surface area (Å²) in [6.45, 7) is 8.99. The maximum atomic E-state index is 11.8. The fourth-order valence-corrected chi connectivity index (χ4v) is 2.01. The molecule has 1 atom stereocenters. The van der Waals surface area contributed by atoms with Gasteiger partial charge in [0.15, 0.2) is 0 Å². The molecule has 0 bridgehead atoms. The molecule has 0 fully saturated rings. The average molecular weight is 262 g/mol. The van der Waals surface area contributed by atoms with E-state index in [1.165, 1.54) is 18.4 Å². The van der Waals surface area contributed by atoms with Crippen molar-refractivity contribution in [3.8, 4) is 0 Å². The molecular formula is C16H26N2O. The van der Waals surface area contributed by atoms with Crippen molar-refractivity contribution < 1.29 is 4.79 Å². The largest absolute Gasteiger partial charge is 0.351 e. The third-order valence-corrected chi connectivity index (χ3v) is 3.18. The zero-order valence-corrected chi connectivity index (χ0v) is 12.3. The Hall–Kier alpha value is -1.35.